The van der Waals surface area contributed by atoms with Crippen molar-refractivity contribution in [2.75, 3.05) is 0 Å². The number of hydrogen-bond acceptors (Lipinski definition) is 3. The van der Waals surface area contributed by atoms with E-state index in [1.807, 2.05) is 97.1 Å². The number of fused-ring (bicyclic) bond motifs is 5. The van der Waals surface area contributed by atoms with E-state index in [1.165, 1.54) is 0 Å². The van der Waals surface area contributed by atoms with Crippen LogP contribution >= 0.6 is 7.14 Å². The molecule has 49 heavy (non-hydrogen) atoms. The van der Waals surface area contributed by atoms with Crippen LogP contribution in [0.15, 0.2) is 182 Å². The average Bonchev–Trinajstić information content (AvgIpc) is 3.63. The molecule has 0 aliphatic carbocycles. The van der Waals surface area contributed by atoms with Crippen LogP contribution in [-0.2, 0) is 4.57 Å². The minimum Gasteiger partial charge on any atom is -0.309 e. The lowest BCUT2D eigenvalue weighted by molar-refractivity contribution is 0.592. The Labute approximate surface area is 284 Å². The van der Waals surface area contributed by atoms with Crippen LogP contribution < -0.4 is 15.9 Å². The van der Waals surface area contributed by atoms with E-state index in [9.17, 15) is 0 Å². The zero-order valence-corrected chi connectivity index (χ0v) is 27.4. The van der Waals surface area contributed by atoms with Gasteiger partial charge in [-0.3, -0.25) is 0 Å². The molecule has 6 aromatic carbocycles. The van der Waals surface area contributed by atoms with Gasteiger partial charge in [0.25, 0.3) is 0 Å². The molecular weight excluding hydrogens is 617 g/mol. The van der Waals surface area contributed by atoms with Crippen molar-refractivity contribution in [3.8, 4) is 33.6 Å². The number of benzene rings is 6. The third kappa shape index (κ3) is 4.88. The van der Waals surface area contributed by atoms with E-state index in [4.69, 9.17) is 9.97 Å². The quantitative estimate of drug-likeness (QED) is 0.133. The van der Waals surface area contributed by atoms with E-state index in [0.29, 0.717) is 0 Å². The normalized spacial score (nSPS) is 11.8. The van der Waals surface area contributed by atoms with E-state index >= 15 is 4.57 Å². The molecule has 0 spiro atoms. The van der Waals surface area contributed by atoms with Crippen LogP contribution in [0.25, 0.3) is 61.0 Å². The van der Waals surface area contributed by atoms with Gasteiger partial charge in [-0.2, -0.15) is 0 Å². The zero-order valence-electron chi connectivity index (χ0n) is 26.5. The van der Waals surface area contributed by atoms with Gasteiger partial charge in [0.15, 0.2) is 7.14 Å². The van der Waals surface area contributed by atoms with Gasteiger partial charge in [0.1, 0.15) is 5.65 Å². The molecular formula is C44H30N3OP. The highest BCUT2D eigenvalue weighted by Gasteiger charge is 2.29. The maximum Gasteiger partial charge on any atom is 0.171 e. The topological polar surface area (TPSA) is 47.3 Å². The number of hydrogen-bond donors (Lipinski definition) is 0. The first-order valence-corrected chi connectivity index (χ1v) is 18.1. The fourth-order valence-corrected chi connectivity index (χ4v) is 9.57. The summed E-state index contributed by atoms with van der Waals surface area (Å²) in [6.45, 7) is 0. The van der Waals surface area contributed by atoms with Crippen molar-refractivity contribution in [2.24, 2.45) is 0 Å². The molecule has 232 valence electrons. The van der Waals surface area contributed by atoms with Crippen LogP contribution in [0.2, 0.25) is 0 Å². The molecule has 0 fully saturated rings. The highest BCUT2D eigenvalue weighted by atomic mass is 31.2. The molecule has 0 saturated heterocycles. The van der Waals surface area contributed by atoms with Crippen molar-refractivity contribution in [1.82, 2.24) is 14.4 Å². The van der Waals surface area contributed by atoms with Crippen LogP contribution in [0.1, 0.15) is 0 Å². The summed E-state index contributed by atoms with van der Waals surface area (Å²) in [5, 5.41) is 5.58. The molecule has 0 N–H and O–H groups in total. The second kappa shape index (κ2) is 11.9. The molecule has 4 nitrogen and oxygen atoms in total. The molecule has 0 radical (unpaired) electrons. The summed E-state index contributed by atoms with van der Waals surface area (Å²) in [6, 6.07) is 57.0. The Kier molecular flexibility index (Phi) is 7.04. The average molecular weight is 648 g/mol. The van der Waals surface area contributed by atoms with Crippen LogP contribution in [0, 0.1) is 0 Å². The van der Waals surface area contributed by atoms with Crippen LogP contribution in [-0.4, -0.2) is 14.4 Å². The monoisotopic (exact) mass is 647 g/mol. The Bertz CT molecular complexity index is 2610. The first-order valence-electron chi connectivity index (χ1n) is 16.4. The van der Waals surface area contributed by atoms with Crippen molar-refractivity contribution >= 4 is 50.4 Å². The number of rotatable bonds is 6. The summed E-state index contributed by atoms with van der Waals surface area (Å²) in [5.74, 6) is 0. The van der Waals surface area contributed by atoms with Gasteiger partial charge >= 0.3 is 0 Å². The maximum atomic E-state index is 15.0. The van der Waals surface area contributed by atoms with E-state index in [2.05, 4.69) is 89.6 Å². The van der Waals surface area contributed by atoms with Gasteiger partial charge in [-0.05, 0) is 11.6 Å². The Hall–Kier alpha value is -6.09. The van der Waals surface area contributed by atoms with Gasteiger partial charge < -0.3 is 8.97 Å². The van der Waals surface area contributed by atoms with Gasteiger partial charge in [-0.25, -0.2) is 9.97 Å². The summed E-state index contributed by atoms with van der Waals surface area (Å²) >= 11 is 0. The maximum absolute atomic E-state index is 15.0. The van der Waals surface area contributed by atoms with Gasteiger partial charge in [0.05, 0.1) is 16.9 Å². The molecule has 3 aromatic heterocycles. The van der Waals surface area contributed by atoms with E-state index in [0.717, 1.165) is 76.9 Å². The van der Waals surface area contributed by atoms with Crippen molar-refractivity contribution in [1.29, 1.82) is 0 Å². The number of nitrogens with zero attached hydrogens (tertiary/aromatic N) is 3. The smallest absolute Gasteiger partial charge is 0.171 e. The Morgan fingerprint density at radius 3 is 1.67 bits per heavy atom. The summed E-state index contributed by atoms with van der Waals surface area (Å²) in [6.07, 6.45) is 4.18. The third-order valence-corrected chi connectivity index (χ3v) is 12.4. The van der Waals surface area contributed by atoms with E-state index in [1.54, 1.807) is 0 Å². The van der Waals surface area contributed by atoms with Gasteiger partial charge in [-0.15, -0.1) is 0 Å². The molecule has 0 bridgehead atoms. The minimum atomic E-state index is -3.09. The molecule has 9 aromatic rings. The summed E-state index contributed by atoms with van der Waals surface area (Å²) in [7, 11) is -3.09. The molecule has 0 aliphatic rings. The van der Waals surface area contributed by atoms with Crippen LogP contribution in [0.3, 0.4) is 0 Å². The molecule has 0 amide bonds. The molecule has 0 aliphatic heterocycles. The summed E-state index contributed by atoms with van der Waals surface area (Å²) < 4.78 is 17.1. The Morgan fingerprint density at radius 1 is 0.469 bits per heavy atom. The molecule has 5 heteroatoms. The van der Waals surface area contributed by atoms with E-state index in [-0.39, 0.29) is 0 Å². The number of pyridine rings is 2. The lowest BCUT2D eigenvalue weighted by atomic mass is 9.96. The fraction of sp³-hybridized carbons (Fsp3) is 0. The van der Waals surface area contributed by atoms with Crippen LogP contribution in [0.4, 0.5) is 0 Å². The number of imidazole rings is 1. The predicted octanol–water partition coefficient (Wildman–Crippen LogP) is 9.68. The van der Waals surface area contributed by atoms with Gasteiger partial charge in [0.2, 0.25) is 0 Å². The number of para-hydroxylation sites is 1. The molecule has 0 unspecified atom stereocenters. The van der Waals surface area contributed by atoms with Crippen molar-refractivity contribution in [3.05, 3.63) is 182 Å². The predicted molar refractivity (Wildman–Crippen MR) is 204 cm³/mol. The first kappa shape index (κ1) is 29.1. The Balaban J connectivity index is 1.27. The lowest BCUT2D eigenvalue weighted by Gasteiger charge is -2.20. The molecule has 9 rings (SSSR count). The van der Waals surface area contributed by atoms with Gasteiger partial charge in [0, 0.05) is 61.2 Å². The van der Waals surface area contributed by atoms with E-state index < -0.39 is 7.14 Å². The van der Waals surface area contributed by atoms with Crippen LogP contribution in [0.5, 0.6) is 0 Å². The standard InChI is InChI=1S/C44H30N3OP/c48-49(34-18-9-3-10-19-34,35-20-11-4-12-21-35)36-26-24-31(25-27-36)37-22-13-23-38-41-39(42(46-43(37)38)33-16-7-2-8-17-33)28-29-47-30-40(45-44(41)47)32-14-5-1-6-15-32/h1-30H. The number of aromatic nitrogens is 3. The fourth-order valence-electron chi connectivity index (χ4n) is 6.92. The highest BCUT2D eigenvalue weighted by Crippen LogP contribution is 2.43. The first-order chi connectivity index (χ1) is 24.2. The molecule has 0 atom stereocenters. The van der Waals surface area contributed by atoms with Crippen molar-refractivity contribution in [2.45, 2.75) is 0 Å². The second-order valence-corrected chi connectivity index (χ2v) is 15.0. The SMILES string of the molecule is O=P(c1ccccc1)(c1ccccc1)c1ccc(-c2cccc3c2nc(-c2ccccc2)c2ccn4cc(-c5ccccc5)nc4c23)cc1. The second-order valence-electron chi connectivity index (χ2n) is 12.2. The lowest BCUT2D eigenvalue weighted by Crippen LogP contribution is -2.24. The largest absolute Gasteiger partial charge is 0.309 e. The van der Waals surface area contributed by atoms with Gasteiger partial charge in [-0.1, -0.05) is 164 Å². The minimum absolute atomic E-state index is 0.796. The van der Waals surface area contributed by atoms with Crippen molar-refractivity contribution in [3.63, 3.8) is 0 Å². The summed E-state index contributed by atoms with van der Waals surface area (Å²) in [5.41, 5.74) is 7.76. The zero-order chi connectivity index (χ0) is 32.8. The van der Waals surface area contributed by atoms with Crippen molar-refractivity contribution < 1.29 is 4.57 Å². The third-order valence-electron chi connectivity index (χ3n) is 9.31. The molecule has 3 heterocycles. The summed E-state index contributed by atoms with van der Waals surface area (Å²) in [4.78, 5) is 10.6. The highest BCUT2D eigenvalue weighted by molar-refractivity contribution is 7.85. The Morgan fingerprint density at radius 2 is 1.04 bits per heavy atom. The molecule has 0 saturated carbocycles.